The second-order valence-electron chi connectivity index (χ2n) is 2.81. The highest BCUT2D eigenvalue weighted by Crippen LogP contribution is 2.15. The molecule has 1 aliphatic rings. The molecule has 11 heavy (non-hydrogen) atoms. The van der Waals surface area contributed by atoms with Crippen molar-refractivity contribution in [3.8, 4) is 12.0 Å². The summed E-state index contributed by atoms with van der Waals surface area (Å²) >= 11 is 0. The maximum atomic E-state index is 5.09. The van der Waals surface area contributed by atoms with Crippen molar-refractivity contribution >= 4 is 0 Å². The van der Waals surface area contributed by atoms with Gasteiger partial charge in [0.1, 0.15) is 0 Å². The van der Waals surface area contributed by atoms with Gasteiger partial charge in [-0.2, -0.15) is 0 Å². The van der Waals surface area contributed by atoms with E-state index in [9.17, 15) is 0 Å². The topological polar surface area (TPSA) is 12.5 Å². The van der Waals surface area contributed by atoms with Gasteiger partial charge >= 0.3 is 0 Å². The first kappa shape index (κ1) is 8.42. The lowest BCUT2D eigenvalue weighted by Crippen LogP contribution is -2.28. The van der Waals surface area contributed by atoms with Crippen LogP contribution in [0.4, 0.5) is 0 Å². The Balaban J connectivity index is 2.41. The summed E-state index contributed by atoms with van der Waals surface area (Å²) in [4.78, 5) is 2.18. The third-order valence-corrected chi connectivity index (χ3v) is 1.99. The van der Waals surface area contributed by atoms with Crippen LogP contribution in [0.3, 0.4) is 0 Å². The average molecular weight is 153 g/mol. The minimum Gasteiger partial charge on any atom is -0.383 e. The molecular weight excluding hydrogens is 138 g/mol. The standard InChI is InChI=1S/C9H15NO/c1-3-6-10-7-4-5-9(10)8-11-2/h9H,4-5,7-8H2,1-2H3/t9-/m1/s1. The predicted molar refractivity (Wildman–Crippen MR) is 45.1 cm³/mol. The van der Waals surface area contributed by atoms with Gasteiger partial charge in [0.05, 0.1) is 12.6 Å². The normalized spacial score (nSPS) is 23.1. The minimum atomic E-state index is 0.535. The molecule has 1 fully saturated rings. The Morgan fingerprint density at radius 2 is 2.45 bits per heavy atom. The van der Waals surface area contributed by atoms with Crippen molar-refractivity contribution in [1.82, 2.24) is 4.90 Å². The number of nitrogens with zero attached hydrogens (tertiary/aromatic N) is 1. The number of methoxy groups -OCH3 is 1. The molecule has 0 N–H and O–H groups in total. The molecule has 0 bridgehead atoms. The van der Waals surface area contributed by atoms with Gasteiger partial charge in [-0.3, -0.25) is 0 Å². The summed E-state index contributed by atoms with van der Waals surface area (Å²) in [6, 6.07) is 3.62. The molecule has 0 aromatic carbocycles. The largest absolute Gasteiger partial charge is 0.383 e. The molecule has 62 valence electrons. The molecule has 2 heteroatoms. The fourth-order valence-electron chi connectivity index (χ4n) is 1.49. The van der Waals surface area contributed by atoms with Crippen LogP contribution in [0.1, 0.15) is 19.8 Å². The highest BCUT2D eigenvalue weighted by Gasteiger charge is 2.21. The predicted octanol–water partition coefficient (Wildman–Crippen LogP) is 1.08. The molecule has 0 saturated carbocycles. The highest BCUT2D eigenvalue weighted by molar-refractivity contribution is 5.00. The van der Waals surface area contributed by atoms with Gasteiger partial charge in [-0.05, 0) is 19.8 Å². The van der Waals surface area contributed by atoms with E-state index in [2.05, 4.69) is 16.9 Å². The molecule has 1 atom stereocenters. The monoisotopic (exact) mass is 153 g/mol. The van der Waals surface area contributed by atoms with E-state index in [1.165, 1.54) is 12.8 Å². The maximum Gasteiger partial charge on any atom is 0.0673 e. The first-order valence-electron chi connectivity index (χ1n) is 4.06. The van der Waals surface area contributed by atoms with Crippen molar-refractivity contribution in [2.45, 2.75) is 25.8 Å². The fourth-order valence-corrected chi connectivity index (χ4v) is 1.49. The van der Waals surface area contributed by atoms with Crippen LogP contribution in [0.5, 0.6) is 0 Å². The summed E-state index contributed by atoms with van der Waals surface area (Å²) in [5.41, 5.74) is 0. The van der Waals surface area contributed by atoms with Crippen LogP contribution in [0.2, 0.25) is 0 Å². The highest BCUT2D eigenvalue weighted by atomic mass is 16.5. The van der Waals surface area contributed by atoms with Crippen LogP contribution in [-0.2, 0) is 4.74 Å². The fraction of sp³-hybridized carbons (Fsp3) is 0.778. The minimum absolute atomic E-state index is 0.535. The van der Waals surface area contributed by atoms with Gasteiger partial charge in [-0.25, -0.2) is 0 Å². The summed E-state index contributed by atoms with van der Waals surface area (Å²) in [6.07, 6.45) is 2.48. The first-order valence-corrected chi connectivity index (χ1v) is 4.06. The first-order chi connectivity index (χ1) is 5.38. The molecule has 0 amide bonds. The summed E-state index contributed by atoms with van der Waals surface area (Å²) < 4.78 is 5.09. The zero-order valence-electron chi connectivity index (χ0n) is 7.26. The average Bonchev–Trinajstić information content (AvgIpc) is 2.39. The van der Waals surface area contributed by atoms with E-state index in [1.54, 1.807) is 7.11 Å². The Bertz CT molecular complexity index is 168. The van der Waals surface area contributed by atoms with Gasteiger partial charge in [-0.15, -0.1) is 0 Å². The molecule has 2 nitrogen and oxygen atoms in total. The maximum absolute atomic E-state index is 5.09. The van der Waals surface area contributed by atoms with Crippen LogP contribution in [0, 0.1) is 12.0 Å². The van der Waals surface area contributed by atoms with Gasteiger partial charge in [0.2, 0.25) is 0 Å². The molecule has 1 aliphatic heterocycles. The Morgan fingerprint density at radius 1 is 1.64 bits per heavy atom. The van der Waals surface area contributed by atoms with Crippen LogP contribution in [0.15, 0.2) is 0 Å². The molecule has 0 unspecified atom stereocenters. The van der Waals surface area contributed by atoms with Crippen molar-refractivity contribution in [3.05, 3.63) is 0 Å². The van der Waals surface area contributed by atoms with E-state index in [0.717, 1.165) is 13.2 Å². The second-order valence-corrected chi connectivity index (χ2v) is 2.81. The Hall–Kier alpha value is -0.680. The second kappa shape index (κ2) is 4.25. The number of hydrogen-bond acceptors (Lipinski definition) is 2. The summed E-state index contributed by atoms with van der Waals surface area (Å²) in [7, 11) is 1.75. The molecule has 0 aromatic heterocycles. The molecule has 0 spiro atoms. The molecule has 1 rings (SSSR count). The van der Waals surface area contributed by atoms with Crippen LogP contribution in [0.25, 0.3) is 0 Å². The van der Waals surface area contributed by atoms with E-state index in [4.69, 9.17) is 4.74 Å². The number of hydrogen-bond donors (Lipinski definition) is 0. The summed E-state index contributed by atoms with van der Waals surface area (Å²) in [6.45, 7) is 3.80. The van der Waals surface area contributed by atoms with Crippen molar-refractivity contribution in [2.24, 2.45) is 0 Å². The number of ether oxygens (including phenoxy) is 1. The summed E-state index contributed by atoms with van der Waals surface area (Å²) in [5, 5.41) is 0. The van der Waals surface area contributed by atoms with E-state index in [-0.39, 0.29) is 0 Å². The van der Waals surface area contributed by atoms with Crippen LogP contribution < -0.4 is 0 Å². The third kappa shape index (κ3) is 2.13. The Kier molecular flexibility index (Phi) is 3.25. The SMILES string of the molecule is CC#CN1CCC[C@@H]1COC. The number of likely N-dealkylation sites (tertiary alicyclic amines) is 1. The van der Waals surface area contributed by atoms with Gasteiger partial charge in [-0.1, -0.05) is 5.92 Å². The lowest BCUT2D eigenvalue weighted by atomic mass is 10.2. The molecule has 1 saturated heterocycles. The third-order valence-electron chi connectivity index (χ3n) is 1.99. The van der Waals surface area contributed by atoms with E-state index >= 15 is 0 Å². The van der Waals surface area contributed by atoms with Gasteiger partial charge in [0.15, 0.2) is 0 Å². The van der Waals surface area contributed by atoms with E-state index < -0.39 is 0 Å². The Morgan fingerprint density at radius 3 is 3.09 bits per heavy atom. The lowest BCUT2D eigenvalue weighted by molar-refractivity contribution is 0.142. The zero-order chi connectivity index (χ0) is 8.10. The Labute approximate surface area is 68.5 Å². The van der Waals surface area contributed by atoms with Crippen LogP contribution >= 0.6 is 0 Å². The molecule has 0 aliphatic carbocycles. The lowest BCUT2D eigenvalue weighted by Gasteiger charge is -2.18. The van der Waals surface area contributed by atoms with Crippen molar-refractivity contribution in [2.75, 3.05) is 20.3 Å². The van der Waals surface area contributed by atoms with Gasteiger partial charge in [0.25, 0.3) is 0 Å². The molecule has 1 heterocycles. The smallest absolute Gasteiger partial charge is 0.0673 e. The van der Waals surface area contributed by atoms with Crippen molar-refractivity contribution in [1.29, 1.82) is 0 Å². The van der Waals surface area contributed by atoms with Gasteiger partial charge in [0, 0.05) is 19.7 Å². The molecule has 0 aromatic rings. The van der Waals surface area contributed by atoms with Crippen molar-refractivity contribution in [3.63, 3.8) is 0 Å². The quantitative estimate of drug-likeness (QED) is 0.550. The molecule has 0 radical (unpaired) electrons. The van der Waals surface area contributed by atoms with E-state index in [1.807, 2.05) is 6.92 Å². The van der Waals surface area contributed by atoms with Crippen LogP contribution in [-0.4, -0.2) is 31.2 Å². The van der Waals surface area contributed by atoms with Gasteiger partial charge < -0.3 is 9.64 Å². The van der Waals surface area contributed by atoms with Crippen molar-refractivity contribution < 1.29 is 4.74 Å². The zero-order valence-corrected chi connectivity index (χ0v) is 7.26. The molecular formula is C9H15NO. The van der Waals surface area contributed by atoms with E-state index in [0.29, 0.717) is 6.04 Å². The summed E-state index contributed by atoms with van der Waals surface area (Å²) in [5.74, 6) is 2.92. The number of rotatable bonds is 2.